The highest BCUT2D eigenvalue weighted by Gasteiger charge is 2.32. The smallest absolute Gasteiger partial charge is 0.335 e. The minimum atomic E-state index is -1.10. The standard InChI is InChI=1S/C26H20FN3O5/c1-34-21-12-15-11-20-23(25(31)28-17-5-3-4-14(10-17)26(32)33)29-30(18-8-6-16(27)7-9-18)24(20)19(15)13-22(21)35-2/h3-10,12-13H,11H2,1-2H3,(H,28,31)(H,32,33). The van der Waals surface area contributed by atoms with Crippen molar-refractivity contribution in [2.45, 2.75) is 6.42 Å². The van der Waals surface area contributed by atoms with Crippen LogP contribution in [0.25, 0.3) is 16.9 Å². The van der Waals surface area contributed by atoms with Crippen molar-refractivity contribution in [3.05, 3.63) is 88.9 Å². The van der Waals surface area contributed by atoms with Gasteiger partial charge in [0, 0.05) is 23.2 Å². The second-order valence-electron chi connectivity index (χ2n) is 7.95. The van der Waals surface area contributed by atoms with E-state index in [0.717, 1.165) is 11.1 Å². The number of carboxylic acids is 1. The molecule has 4 aromatic rings. The van der Waals surface area contributed by atoms with Gasteiger partial charge in [-0.25, -0.2) is 13.9 Å². The van der Waals surface area contributed by atoms with Crippen LogP contribution in [0.3, 0.4) is 0 Å². The number of hydrogen-bond donors (Lipinski definition) is 2. The molecule has 0 fully saturated rings. The summed E-state index contributed by atoms with van der Waals surface area (Å²) in [6.45, 7) is 0. The normalized spacial score (nSPS) is 11.5. The third kappa shape index (κ3) is 3.86. The molecule has 0 radical (unpaired) electrons. The molecule has 0 bridgehead atoms. The number of nitrogens with one attached hydrogen (secondary N) is 1. The quantitative estimate of drug-likeness (QED) is 0.375. The predicted molar refractivity (Wildman–Crippen MR) is 126 cm³/mol. The average Bonchev–Trinajstić information content (AvgIpc) is 3.40. The Balaban J connectivity index is 1.63. The Morgan fingerprint density at radius 3 is 2.43 bits per heavy atom. The summed E-state index contributed by atoms with van der Waals surface area (Å²) in [6.07, 6.45) is 0.421. The Kier molecular flexibility index (Phi) is 5.44. The van der Waals surface area contributed by atoms with Crippen LogP contribution in [-0.4, -0.2) is 41.0 Å². The molecular weight excluding hydrogens is 453 g/mol. The van der Waals surface area contributed by atoms with Gasteiger partial charge in [0.2, 0.25) is 0 Å². The maximum Gasteiger partial charge on any atom is 0.335 e. The molecule has 0 saturated heterocycles. The van der Waals surface area contributed by atoms with Gasteiger partial charge in [0.05, 0.1) is 31.2 Å². The molecule has 0 spiro atoms. The van der Waals surface area contributed by atoms with Crippen molar-refractivity contribution in [3.63, 3.8) is 0 Å². The Labute approximate surface area is 199 Å². The lowest BCUT2D eigenvalue weighted by Crippen LogP contribution is -2.15. The number of carbonyl (C=O) groups is 2. The topological polar surface area (TPSA) is 103 Å². The molecule has 1 aliphatic carbocycles. The van der Waals surface area contributed by atoms with Crippen LogP contribution >= 0.6 is 0 Å². The molecule has 0 atom stereocenters. The van der Waals surface area contributed by atoms with Crippen molar-refractivity contribution in [2.24, 2.45) is 0 Å². The molecule has 3 aromatic carbocycles. The number of carboxylic acid groups (broad SMARTS) is 1. The lowest BCUT2D eigenvalue weighted by Gasteiger charge is -2.12. The second-order valence-corrected chi connectivity index (χ2v) is 7.95. The highest BCUT2D eigenvalue weighted by atomic mass is 19.1. The van der Waals surface area contributed by atoms with Crippen LogP contribution in [0.4, 0.5) is 10.1 Å². The Hall–Kier alpha value is -4.66. The van der Waals surface area contributed by atoms with Crippen molar-refractivity contribution >= 4 is 17.6 Å². The lowest BCUT2D eigenvalue weighted by molar-refractivity contribution is 0.0696. The Bertz CT molecular complexity index is 1480. The van der Waals surface area contributed by atoms with Crippen LogP contribution in [0.15, 0.2) is 60.7 Å². The number of aromatic nitrogens is 2. The summed E-state index contributed by atoms with van der Waals surface area (Å²) >= 11 is 0. The van der Waals surface area contributed by atoms with E-state index in [1.807, 2.05) is 12.1 Å². The van der Waals surface area contributed by atoms with Crippen LogP contribution < -0.4 is 14.8 Å². The highest BCUT2D eigenvalue weighted by Crippen LogP contribution is 2.44. The first-order chi connectivity index (χ1) is 16.9. The molecule has 0 aliphatic heterocycles. The zero-order chi connectivity index (χ0) is 24.7. The van der Waals surface area contributed by atoms with Gasteiger partial charge in [-0.05, 0) is 60.2 Å². The summed E-state index contributed by atoms with van der Waals surface area (Å²) < 4.78 is 26.1. The molecule has 5 rings (SSSR count). The fourth-order valence-electron chi connectivity index (χ4n) is 4.24. The molecule has 9 heteroatoms. The molecule has 0 unspecified atom stereocenters. The summed E-state index contributed by atoms with van der Waals surface area (Å²) in [4.78, 5) is 24.6. The highest BCUT2D eigenvalue weighted by molar-refractivity contribution is 6.06. The largest absolute Gasteiger partial charge is 0.493 e. The Morgan fingerprint density at radius 2 is 1.74 bits per heavy atom. The fourth-order valence-corrected chi connectivity index (χ4v) is 4.24. The van der Waals surface area contributed by atoms with Crippen LogP contribution in [0.5, 0.6) is 11.5 Å². The Morgan fingerprint density at radius 1 is 1.03 bits per heavy atom. The summed E-state index contributed by atoms with van der Waals surface area (Å²) in [5.74, 6) is -0.880. The number of aromatic carboxylic acids is 1. The number of halogens is 1. The number of methoxy groups -OCH3 is 2. The minimum Gasteiger partial charge on any atom is -0.493 e. The third-order valence-corrected chi connectivity index (χ3v) is 5.87. The predicted octanol–water partition coefficient (Wildman–Crippen LogP) is 4.55. The van der Waals surface area contributed by atoms with Crippen LogP contribution in [-0.2, 0) is 6.42 Å². The number of fused-ring (bicyclic) bond motifs is 3. The SMILES string of the molecule is COc1cc2c(cc1OC)-c1c(c(C(=O)Nc3cccc(C(=O)O)c3)nn1-c1ccc(F)cc1)C2. The molecule has 8 nitrogen and oxygen atoms in total. The van der Waals surface area contributed by atoms with Crippen molar-refractivity contribution in [3.8, 4) is 28.4 Å². The number of nitrogens with zero attached hydrogens (tertiary/aromatic N) is 2. The van der Waals surface area contributed by atoms with E-state index in [1.165, 1.54) is 24.3 Å². The van der Waals surface area contributed by atoms with Gasteiger partial charge >= 0.3 is 5.97 Å². The van der Waals surface area contributed by atoms with Gasteiger partial charge in [-0.3, -0.25) is 4.79 Å². The monoisotopic (exact) mass is 473 g/mol. The molecule has 176 valence electrons. The molecule has 1 aliphatic rings. The van der Waals surface area contributed by atoms with Gasteiger partial charge < -0.3 is 19.9 Å². The van der Waals surface area contributed by atoms with Crippen molar-refractivity contribution in [2.75, 3.05) is 19.5 Å². The first-order valence-electron chi connectivity index (χ1n) is 10.7. The van der Waals surface area contributed by atoms with Crippen molar-refractivity contribution in [1.29, 1.82) is 0 Å². The van der Waals surface area contributed by atoms with Gasteiger partial charge in [-0.15, -0.1) is 0 Å². The number of ether oxygens (including phenoxy) is 2. The average molecular weight is 473 g/mol. The number of anilines is 1. The number of rotatable bonds is 6. The molecule has 35 heavy (non-hydrogen) atoms. The van der Waals surface area contributed by atoms with E-state index in [-0.39, 0.29) is 17.1 Å². The van der Waals surface area contributed by atoms with E-state index in [1.54, 1.807) is 43.2 Å². The van der Waals surface area contributed by atoms with Crippen LogP contribution in [0.2, 0.25) is 0 Å². The van der Waals surface area contributed by atoms with E-state index in [0.29, 0.717) is 40.6 Å². The van der Waals surface area contributed by atoms with Crippen molar-refractivity contribution in [1.82, 2.24) is 9.78 Å². The number of carbonyl (C=O) groups excluding carboxylic acids is 1. The van der Waals surface area contributed by atoms with Gasteiger partial charge in [-0.2, -0.15) is 5.10 Å². The molecule has 1 aromatic heterocycles. The van der Waals surface area contributed by atoms with Gasteiger partial charge in [0.1, 0.15) is 5.82 Å². The van der Waals surface area contributed by atoms with Crippen LogP contribution in [0, 0.1) is 5.82 Å². The summed E-state index contributed by atoms with van der Waals surface area (Å²) in [5, 5.41) is 16.6. The van der Waals surface area contributed by atoms with E-state index >= 15 is 0 Å². The van der Waals surface area contributed by atoms with E-state index in [9.17, 15) is 19.1 Å². The zero-order valence-electron chi connectivity index (χ0n) is 18.8. The van der Waals surface area contributed by atoms with Gasteiger partial charge in [0.15, 0.2) is 17.2 Å². The van der Waals surface area contributed by atoms with E-state index in [2.05, 4.69) is 10.4 Å². The molecular formula is C26H20FN3O5. The number of benzene rings is 3. The second kappa shape index (κ2) is 8.60. The minimum absolute atomic E-state index is 0.0523. The summed E-state index contributed by atoms with van der Waals surface area (Å²) in [6, 6.07) is 15.5. The fraction of sp³-hybridized carbons (Fsp3) is 0.115. The summed E-state index contributed by atoms with van der Waals surface area (Å²) in [7, 11) is 3.10. The van der Waals surface area contributed by atoms with E-state index < -0.39 is 11.9 Å². The third-order valence-electron chi connectivity index (χ3n) is 5.87. The van der Waals surface area contributed by atoms with Crippen molar-refractivity contribution < 1.29 is 28.6 Å². The maximum atomic E-state index is 13.6. The van der Waals surface area contributed by atoms with Gasteiger partial charge in [-0.1, -0.05) is 6.07 Å². The molecule has 1 amide bonds. The molecule has 2 N–H and O–H groups in total. The van der Waals surface area contributed by atoms with E-state index in [4.69, 9.17) is 9.47 Å². The van der Waals surface area contributed by atoms with Gasteiger partial charge in [0.25, 0.3) is 5.91 Å². The summed E-state index contributed by atoms with van der Waals surface area (Å²) in [5.41, 5.74) is 4.27. The lowest BCUT2D eigenvalue weighted by atomic mass is 10.1. The molecule has 1 heterocycles. The van der Waals surface area contributed by atoms with Crippen LogP contribution in [0.1, 0.15) is 32.0 Å². The number of hydrogen-bond acceptors (Lipinski definition) is 5. The zero-order valence-corrected chi connectivity index (χ0v) is 18.8. The molecule has 0 saturated carbocycles. The first kappa shape index (κ1) is 22.1. The maximum absolute atomic E-state index is 13.6. The number of amides is 1. The first-order valence-corrected chi connectivity index (χ1v) is 10.7.